The first-order valence-electron chi connectivity index (χ1n) is 6.25. The molecule has 2 aromatic heterocycles. The van der Waals surface area contributed by atoms with Gasteiger partial charge in [0.1, 0.15) is 15.4 Å². The summed E-state index contributed by atoms with van der Waals surface area (Å²) in [5.41, 5.74) is -0.0687. The van der Waals surface area contributed by atoms with Gasteiger partial charge in [-0.2, -0.15) is 0 Å². The number of amides is 1. The van der Waals surface area contributed by atoms with E-state index in [9.17, 15) is 14.9 Å². The number of nitro groups is 1. The molecule has 23 heavy (non-hydrogen) atoms. The van der Waals surface area contributed by atoms with E-state index in [2.05, 4.69) is 32.9 Å². The topological polar surface area (TPSA) is 85.1 Å². The molecule has 0 saturated heterocycles. The fourth-order valence-electron chi connectivity index (χ4n) is 1.99. The van der Waals surface area contributed by atoms with E-state index in [1.165, 1.54) is 6.07 Å². The third-order valence-corrected chi connectivity index (χ3v) is 5.38. The zero-order valence-electron chi connectivity index (χ0n) is 11.2. The maximum atomic E-state index is 12.4. The van der Waals surface area contributed by atoms with Gasteiger partial charge in [0.25, 0.3) is 11.6 Å². The number of nitro benzene ring substituents is 1. The van der Waals surface area contributed by atoms with Crippen LogP contribution >= 0.6 is 45.5 Å². The monoisotopic (exact) mass is 459 g/mol. The van der Waals surface area contributed by atoms with Crippen LogP contribution in [0.2, 0.25) is 5.02 Å². The Balaban J connectivity index is 2.01. The molecule has 0 bridgehead atoms. The molecule has 0 atom stereocenters. The van der Waals surface area contributed by atoms with Gasteiger partial charge in [0, 0.05) is 21.2 Å². The number of non-ortho nitro benzene ring substituents is 1. The standard InChI is InChI=1S/C14H7ClIN3O3S/c15-11-8-2-1-3-9(19(21)22)12(8)23-13(11)14(20)18-10-5-4-7(16)6-17-10/h1-6H,(H,17,18,20). The lowest BCUT2D eigenvalue weighted by Crippen LogP contribution is -2.11. The molecule has 2 heterocycles. The predicted octanol–water partition coefficient (Wildman–Crippen LogP) is 4.71. The molecule has 0 fully saturated rings. The molecule has 6 nitrogen and oxygen atoms in total. The van der Waals surface area contributed by atoms with Crippen molar-refractivity contribution in [3.05, 3.63) is 60.1 Å². The Morgan fingerprint density at radius 1 is 1.35 bits per heavy atom. The Morgan fingerprint density at radius 3 is 2.78 bits per heavy atom. The predicted molar refractivity (Wildman–Crippen MR) is 98.4 cm³/mol. The lowest BCUT2D eigenvalue weighted by molar-refractivity contribution is -0.382. The van der Waals surface area contributed by atoms with E-state index in [4.69, 9.17) is 11.6 Å². The van der Waals surface area contributed by atoms with E-state index in [0.717, 1.165) is 14.9 Å². The molecule has 0 saturated carbocycles. The Bertz CT molecular complexity index is 927. The first-order valence-corrected chi connectivity index (χ1v) is 8.53. The Morgan fingerprint density at radius 2 is 2.13 bits per heavy atom. The number of fused-ring (bicyclic) bond motifs is 1. The molecule has 3 aromatic rings. The molecule has 0 spiro atoms. The number of rotatable bonds is 3. The summed E-state index contributed by atoms with van der Waals surface area (Å²) < 4.78 is 1.32. The van der Waals surface area contributed by atoms with Gasteiger partial charge >= 0.3 is 0 Å². The summed E-state index contributed by atoms with van der Waals surface area (Å²) in [7, 11) is 0. The average molecular weight is 460 g/mol. The first-order chi connectivity index (χ1) is 11.0. The Hall–Kier alpha value is -1.78. The molecule has 3 rings (SSSR count). The minimum Gasteiger partial charge on any atom is -0.306 e. The highest BCUT2D eigenvalue weighted by atomic mass is 127. The fraction of sp³-hybridized carbons (Fsp3) is 0. The zero-order chi connectivity index (χ0) is 16.6. The van der Waals surface area contributed by atoms with Crippen LogP contribution in [0.4, 0.5) is 11.5 Å². The van der Waals surface area contributed by atoms with E-state index < -0.39 is 10.8 Å². The van der Waals surface area contributed by atoms with Crippen LogP contribution in [0.3, 0.4) is 0 Å². The van der Waals surface area contributed by atoms with Gasteiger partial charge in [0.15, 0.2) is 0 Å². The van der Waals surface area contributed by atoms with Gasteiger partial charge in [-0.25, -0.2) is 4.98 Å². The van der Waals surface area contributed by atoms with E-state index in [0.29, 0.717) is 15.9 Å². The number of hydrogen-bond acceptors (Lipinski definition) is 5. The maximum Gasteiger partial charge on any atom is 0.287 e. The Labute approximate surface area is 152 Å². The number of benzene rings is 1. The van der Waals surface area contributed by atoms with Gasteiger partial charge in [0.2, 0.25) is 0 Å². The van der Waals surface area contributed by atoms with E-state index in [1.807, 2.05) is 0 Å². The number of hydrogen-bond donors (Lipinski definition) is 1. The number of halogens is 2. The molecule has 0 aliphatic heterocycles. The SMILES string of the molecule is O=C(Nc1ccc(I)cn1)c1sc2c([N+](=O)[O-])cccc2c1Cl. The molecule has 0 radical (unpaired) electrons. The summed E-state index contributed by atoms with van der Waals surface area (Å²) in [4.78, 5) is 27.3. The molecule has 0 aliphatic rings. The minimum atomic E-state index is -0.489. The van der Waals surface area contributed by atoms with Crippen LogP contribution in [0.1, 0.15) is 9.67 Å². The van der Waals surface area contributed by atoms with Crippen molar-refractivity contribution in [1.82, 2.24) is 4.98 Å². The van der Waals surface area contributed by atoms with Crippen molar-refractivity contribution in [1.29, 1.82) is 0 Å². The summed E-state index contributed by atoms with van der Waals surface area (Å²) in [6, 6.07) is 8.06. The highest BCUT2D eigenvalue weighted by molar-refractivity contribution is 14.1. The van der Waals surface area contributed by atoms with Crippen molar-refractivity contribution >= 4 is 73.0 Å². The number of nitrogens with zero attached hydrogens (tertiary/aromatic N) is 2. The van der Waals surface area contributed by atoms with Gasteiger partial charge in [-0.15, -0.1) is 11.3 Å². The van der Waals surface area contributed by atoms with Crippen molar-refractivity contribution in [3.8, 4) is 0 Å². The first kappa shape index (κ1) is 16.1. The van der Waals surface area contributed by atoms with E-state index >= 15 is 0 Å². The van der Waals surface area contributed by atoms with Gasteiger partial charge < -0.3 is 5.32 Å². The smallest absolute Gasteiger partial charge is 0.287 e. The van der Waals surface area contributed by atoms with Gasteiger partial charge in [-0.05, 0) is 34.7 Å². The number of thiophene rings is 1. The number of aromatic nitrogens is 1. The molecule has 1 amide bonds. The summed E-state index contributed by atoms with van der Waals surface area (Å²) in [6.45, 7) is 0. The minimum absolute atomic E-state index is 0.0687. The Kier molecular flexibility index (Phi) is 4.46. The largest absolute Gasteiger partial charge is 0.306 e. The third kappa shape index (κ3) is 3.14. The molecule has 1 aromatic carbocycles. The maximum absolute atomic E-state index is 12.4. The van der Waals surface area contributed by atoms with Crippen LogP contribution in [0.15, 0.2) is 36.5 Å². The summed E-state index contributed by atoms with van der Waals surface area (Å²) >= 11 is 9.33. The summed E-state index contributed by atoms with van der Waals surface area (Å²) in [5.74, 6) is -0.0577. The fourth-order valence-corrected chi connectivity index (χ4v) is 3.80. The number of pyridine rings is 1. The van der Waals surface area contributed by atoms with Crippen molar-refractivity contribution < 1.29 is 9.72 Å². The second-order valence-corrected chi connectivity index (χ2v) is 7.12. The second-order valence-electron chi connectivity index (χ2n) is 4.47. The third-order valence-electron chi connectivity index (χ3n) is 3.01. The molecule has 116 valence electrons. The quantitative estimate of drug-likeness (QED) is 0.349. The number of nitrogens with one attached hydrogen (secondary N) is 1. The van der Waals surface area contributed by atoms with Crippen molar-refractivity contribution in [2.45, 2.75) is 0 Å². The molecular weight excluding hydrogens is 453 g/mol. The highest BCUT2D eigenvalue weighted by Gasteiger charge is 2.22. The second kappa shape index (κ2) is 6.38. The highest BCUT2D eigenvalue weighted by Crippen LogP contribution is 2.40. The van der Waals surface area contributed by atoms with Crippen LogP contribution in [0.5, 0.6) is 0 Å². The number of carbonyl (C=O) groups is 1. The van der Waals surface area contributed by atoms with Gasteiger partial charge in [0.05, 0.1) is 9.95 Å². The molecule has 9 heteroatoms. The van der Waals surface area contributed by atoms with Crippen LogP contribution in [-0.4, -0.2) is 15.8 Å². The van der Waals surface area contributed by atoms with E-state index in [-0.39, 0.29) is 15.6 Å². The molecule has 0 aliphatic carbocycles. The molecule has 1 N–H and O–H groups in total. The van der Waals surface area contributed by atoms with Gasteiger partial charge in [-0.3, -0.25) is 14.9 Å². The van der Waals surface area contributed by atoms with E-state index in [1.54, 1.807) is 30.5 Å². The summed E-state index contributed by atoms with van der Waals surface area (Å²) in [6.07, 6.45) is 1.62. The lowest BCUT2D eigenvalue weighted by atomic mass is 10.2. The van der Waals surface area contributed by atoms with Crippen LogP contribution in [-0.2, 0) is 0 Å². The van der Waals surface area contributed by atoms with Crippen molar-refractivity contribution in [2.24, 2.45) is 0 Å². The number of anilines is 1. The molecular formula is C14H7ClIN3O3S. The number of carbonyl (C=O) groups excluding carboxylic acids is 1. The van der Waals surface area contributed by atoms with Crippen LogP contribution < -0.4 is 5.32 Å². The normalized spacial score (nSPS) is 10.7. The van der Waals surface area contributed by atoms with Crippen LogP contribution in [0.25, 0.3) is 10.1 Å². The van der Waals surface area contributed by atoms with Crippen molar-refractivity contribution in [2.75, 3.05) is 5.32 Å². The average Bonchev–Trinajstić information content (AvgIpc) is 2.87. The van der Waals surface area contributed by atoms with Gasteiger partial charge in [-0.1, -0.05) is 23.7 Å². The zero-order valence-corrected chi connectivity index (χ0v) is 15.0. The lowest BCUT2D eigenvalue weighted by Gasteiger charge is -2.02. The van der Waals surface area contributed by atoms with Crippen molar-refractivity contribution in [3.63, 3.8) is 0 Å². The summed E-state index contributed by atoms with van der Waals surface area (Å²) in [5, 5.41) is 14.4. The molecule has 0 unspecified atom stereocenters. The van der Waals surface area contributed by atoms with Crippen LogP contribution in [0, 0.1) is 13.7 Å².